The van der Waals surface area contributed by atoms with Gasteiger partial charge in [-0.15, -0.1) is 0 Å². The van der Waals surface area contributed by atoms with Crippen LogP contribution in [0.2, 0.25) is 5.02 Å². The molecule has 0 aromatic heterocycles. The van der Waals surface area contributed by atoms with Gasteiger partial charge in [-0.3, -0.25) is 0 Å². The number of halogens is 1. The molecule has 1 rings (SSSR count). The van der Waals surface area contributed by atoms with E-state index in [9.17, 15) is 4.79 Å². The quantitative estimate of drug-likeness (QED) is 0.538. The molecule has 0 saturated carbocycles. The molecule has 5 nitrogen and oxygen atoms in total. The van der Waals surface area contributed by atoms with E-state index < -0.39 is 6.09 Å². The predicted molar refractivity (Wildman–Crippen MR) is 59.9 cm³/mol. The van der Waals surface area contributed by atoms with Gasteiger partial charge < -0.3 is 21.5 Å². The second-order valence-corrected chi connectivity index (χ2v) is 3.24. The summed E-state index contributed by atoms with van der Waals surface area (Å²) in [5, 5.41) is 3.50. The van der Waals surface area contributed by atoms with Gasteiger partial charge in [-0.1, -0.05) is 11.6 Å². The summed E-state index contributed by atoms with van der Waals surface area (Å²) in [6.07, 6.45) is -0.791. The Morgan fingerprint density at radius 3 is 2.87 bits per heavy atom. The maximum absolute atomic E-state index is 10.3. The van der Waals surface area contributed by atoms with E-state index in [1.165, 1.54) is 0 Å². The second kappa shape index (κ2) is 5.31. The van der Waals surface area contributed by atoms with E-state index in [0.29, 0.717) is 17.3 Å². The topological polar surface area (TPSA) is 90.4 Å². The Morgan fingerprint density at radius 2 is 2.27 bits per heavy atom. The Balaban J connectivity index is 2.40. The van der Waals surface area contributed by atoms with Crippen molar-refractivity contribution in [3.05, 3.63) is 23.2 Å². The van der Waals surface area contributed by atoms with Crippen molar-refractivity contribution in [3.8, 4) is 0 Å². The van der Waals surface area contributed by atoms with Crippen molar-refractivity contribution >= 4 is 29.1 Å². The Kier molecular flexibility index (Phi) is 4.05. The number of primary amides is 1. The van der Waals surface area contributed by atoms with Crippen molar-refractivity contribution in [2.45, 2.75) is 0 Å². The van der Waals surface area contributed by atoms with Gasteiger partial charge in [0.1, 0.15) is 6.61 Å². The molecule has 1 aromatic rings. The summed E-state index contributed by atoms with van der Waals surface area (Å²) in [4.78, 5) is 10.3. The number of nitrogens with two attached hydrogens (primary N) is 2. The fraction of sp³-hybridized carbons (Fsp3) is 0.222. The first kappa shape index (κ1) is 11.5. The number of nitrogen functional groups attached to an aromatic ring is 1. The summed E-state index contributed by atoms with van der Waals surface area (Å²) in [7, 11) is 0. The van der Waals surface area contributed by atoms with Gasteiger partial charge in [-0.2, -0.15) is 0 Å². The van der Waals surface area contributed by atoms with Crippen LogP contribution in [0.4, 0.5) is 16.2 Å². The zero-order valence-corrected chi connectivity index (χ0v) is 8.75. The standard InChI is InChI=1S/C9H12ClN3O2/c10-7-5-6(11)1-2-8(7)13-3-4-15-9(12)14/h1-2,5,13H,3-4,11H2,(H2,12,14). The molecule has 0 aliphatic heterocycles. The molecule has 6 heteroatoms. The molecule has 1 aromatic carbocycles. The Bertz CT molecular complexity index is 357. The summed E-state index contributed by atoms with van der Waals surface area (Å²) < 4.78 is 4.54. The van der Waals surface area contributed by atoms with E-state index in [4.69, 9.17) is 23.1 Å². The third kappa shape index (κ3) is 3.95. The first-order valence-corrected chi connectivity index (χ1v) is 4.68. The third-order valence-corrected chi connectivity index (χ3v) is 1.97. The molecule has 1 amide bonds. The molecule has 0 aliphatic carbocycles. The SMILES string of the molecule is NC(=O)OCCNc1ccc(N)cc1Cl. The molecule has 0 saturated heterocycles. The minimum absolute atomic E-state index is 0.191. The van der Waals surface area contributed by atoms with Crippen LogP contribution >= 0.6 is 11.6 Å². The first-order chi connectivity index (χ1) is 7.09. The molecule has 5 N–H and O–H groups in total. The number of carbonyl (C=O) groups excluding carboxylic acids is 1. The van der Waals surface area contributed by atoms with Crippen molar-refractivity contribution < 1.29 is 9.53 Å². The van der Waals surface area contributed by atoms with Crippen LogP contribution in [0.15, 0.2) is 18.2 Å². The van der Waals surface area contributed by atoms with E-state index in [1.54, 1.807) is 18.2 Å². The van der Waals surface area contributed by atoms with E-state index in [1.807, 2.05) is 0 Å². The highest BCUT2D eigenvalue weighted by atomic mass is 35.5. The highest BCUT2D eigenvalue weighted by molar-refractivity contribution is 6.33. The number of carbonyl (C=O) groups is 1. The van der Waals surface area contributed by atoms with Crippen LogP contribution in [0.1, 0.15) is 0 Å². The molecule has 0 bridgehead atoms. The lowest BCUT2D eigenvalue weighted by molar-refractivity contribution is 0.161. The summed E-state index contributed by atoms with van der Waals surface area (Å²) in [6.45, 7) is 0.628. The Hall–Kier alpha value is -1.62. The summed E-state index contributed by atoms with van der Waals surface area (Å²) in [5.74, 6) is 0. The number of nitrogens with one attached hydrogen (secondary N) is 1. The fourth-order valence-corrected chi connectivity index (χ4v) is 1.27. The lowest BCUT2D eigenvalue weighted by Crippen LogP contribution is -2.18. The smallest absolute Gasteiger partial charge is 0.404 e. The molecule has 82 valence electrons. The molecule has 0 fully saturated rings. The number of rotatable bonds is 4. The number of hydrogen-bond donors (Lipinski definition) is 3. The largest absolute Gasteiger partial charge is 0.448 e. The van der Waals surface area contributed by atoms with Crippen molar-refractivity contribution in [1.82, 2.24) is 0 Å². The van der Waals surface area contributed by atoms with E-state index in [-0.39, 0.29) is 6.61 Å². The molecule has 15 heavy (non-hydrogen) atoms. The van der Waals surface area contributed by atoms with Gasteiger partial charge in [-0.25, -0.2) is 4.79 Å². The van der Waals surface area contributed by atoms with Crippen LogP contribution in [0.25, 0.3) is 0 Å². The van der Waals surface area contributed by atoms with Gasteiger partial charge in [0.25, 0.3) is 0 Å². The van der Waals surface area contributed by atoms with Gasteiger partial charge in [-0.05, 0) is 18.2 Å². The zero-order chi connectivity index (χ0) is 11.3. The predicted octanol–water partition coefficient (Wildman–Crippen LogP) is 1.43. The lowest BCUT2D eigenvalue weighted by Gasteiger charge is -2.08. The van der Waals surface area contributed by atoms with Crippen LogP contribution in [0.5, 0.6) is 0 Å². The van der Waals surface area contributed by atoms with Crippen LogP contribution in [0, 0.1) is 0 Å². The summed E-state index contributed by atoms with van der Waals surface area (Å²) in [5.41, 5.74) is 11.6. The molecular formula is C9H12ClN3O2. The average molecular weight is 230 g/mol. The first-order valence-electron chi connectivity index (χ1n) is 4.30. The summed E-state index contributed by atoms with van der Waals surface area (Å²) >= 11 is 5.90. The maximum Gasteiger partial charge on any atom is 0.404 e. The molecular weight excluding hydrogens is 218 g/mol. The number of anilines is 2. The monoisotopic (exact) mass is 229 g/mol. The molecule has 0 heterocycles. The van der Waals surface area contributed by atoms with E-state index in [2.05, 4.69) is 10.1 Å². The van der Waals surface area contributed by atoms with Gasteiger partial charge >= 0.3 is 6.09 Å². The fourth-order valence-electron chi connectivity index (χ4n) is 1.01. The summed E-state index contributed by atoms with van der Waals surface area (Å²) in [6, 6.07) is 5.11. The number of hydrogen-bond acceptors (Lipinski definition) is 4. The second-order valence-electron chi connectivity index (χ2n) is 2.83. The van der Waals surface area contributed by atoms with Gasteiger partial charge in [0.2, 0.25) is 0 Å². The molecule has 0 spiro atoms. The van der Waals surface area contributed by atoms with Crippen LogP contribution in [-0.2, 0) is 4.74 Å². The van der Waals surface area contributed by atoms with Crippen molar-refractivity contribution in [1.29, 1.82) is 0 Å². The molecule has 0 atom stereocenters. The molecule has 0 unspecified atom stereocenters. The molecule has 0 radical (unpaired) electrons. The Morgan fingerprint density at radius 1 is 1.53 bits per heavy atom. The Labute approximate surface area is 92.3 Å². The van der Waals surface area contributed by atoms with Gasteiger partial charge in [0.05, 0.1) is 10.7 Å². The van der Waals surface area contributed by atoms with Crippen molar-refractivity contribution in [2.75, 3.05) is 24.2 Å². The third-order valence-electron chi connectivity index (χ3n) is 1.65. The van der Waals surface area contributed by atoms with E-state index in [0.717, 1.165) is 5.69 Å². The molecule has 0 aliphatic rings. The van der Waals surface area contributed by atoms with Crippen LogP contribution in [-0.4, -0.2) is 19.2 Å². The zero-order valence-electron chi connectivity index (χ0n) is 8.00. The van der Waals surface area contributed by atoms with Crippen molar-refractivity contribution in [3.63, 3.8) is 0 Å². The van der Waals surface area contributed by atoms with Gasteiger partial charge in [0, 0.05) is 12.2 Å². The average Bonchev–Trinajstić information content (AvgIpc) is 2.14. The van der Waals surface area contributed by atoms with E-state index >= 15 is 0 Å². The minimum atomic E-state index is -0.791. The highest BCUT2D eigenvalue weighted by Gasteiger charge is 2.00. The van der Waals surface area contributed by atoms with Crippen LogP contribution in [0.3, 0.4) is 0 Å². The lowest BCUT2D eigenvalue weighted by atomic mass is 10.3. The maximum atomic E-state index is 10.3. The number of ether oxygens (including phenoxy) is 1. The van der Waals surface area contributed by atoms with Gasteiger partial charge in [0.15, 0.2) is 0 Å². The minimum Gasteiger partial charge on any atom is -0.448 e. The number of amides is 1. The normalized spacial score (nSPS) is 9.67. The highest BCUT2D eigenvalue weighted by Crippen LogP contribution is 2.23. The van der Waals surface area contributed by atoms with Crippen LogP contribution < -0.4 is 16.8 Å². The number of benzene rings is 1. The van der Waals surface area contributed by atoms with Crippen molar-refractivity contribution in [2.24, 2.45) is 5.73 Å².